The molecular weight excluding hydrogens is 677 g/mol. The lowest BCUT2D eigenvalue weighted by molar-refractivity contribution is 0.0695. The van der Waals surface area contributed by atoms with Crippen molar-refractivity contribution in [3.05, 3.63) is 23.8 Å². The molecule has 4 heteroatoms. The Labute approximate surface area is 343 Å². The molecule has 0 saturated carbocycles. The fourth-order valence-electron chi connectivity index (χ4n) is 7.96. The molecule has 0 unspecified atom stereocenters. The minimum absolute atomic E-state index is 0.236. The van der Waals surface area contributed by atoms with Gasteiger partial charge in [-0.3, -0.25) is 0 Å². The summed E-state index contributed by atoms with van der Waals surface area (Å²) in [5.41, 5.74) is 0.236. The third kappa shape index (κ3) is 36.4. The van der Waals surface area contributed by atoms with Gasteiger partial charge in [0.05, 0.1) is 18.8 Å². The van der Waals surface area contributed by atoms with Crippen molar-refractivity contribution < 1.29 is 19.4 Å². The zero-order valence-corrected chi connectivity index (χ0v) is 37.1. The minimum Gasteiger partial charge on any atom is -0.493 e. The van der Waals surface area contributed by atoms with Gasteiger partial charge in [0.15, 0.2) is 0 Å². The number of carboxylic acid groups (broad SMARTS) is 1. The monoisotopic (exact) mass is 771 g/mol. The number of hydrogen-bond donors (Lipinski definition) is 1. The van der Waals surface area contributed by atoms with Crippen molar-refractivity contribution in [3.8, 4) is 11.5 Å². The van der Waals surface area contributed by atoms with Crippen molar-refractivity contribution in [2.75, 3.05) is 13.2 Å². The lowest BCUT2D eigenvalue weighted by Crippen LogP contribution is -2.03. The predicted molar refractivity (Wildman–Crippen MR) is 240 cm³/mol. The van der Waals surface area contributed by atoms with Crippen LogP contribution in [-0.4, -0.2) is 24.3 Å². The van der Waals surface area contributed by atoms with Crippen molar-refractivity contribution in [1.82, 2.24) is 0 Å². The molecule has 0 heterocycles. The van der Waals surface area contributed by atoms with Gasteiger partial charge in [-0.2, -0.15) is 0 Å². The van der Waals surface area contributed by atoms with Crippen molar-refractivity contribution in [1.29, 1.82) is 0 Å². The van der Waals surface area contributed by atoms with E-state index >= 15 is 0 Å². The molecule has 0 aliphatic heterocycles. The number of carboxylic acids is 1. The fourth-order valence-corrected chi connectivity index (χ4v) is 7.96. The SMILES string of the molecule is CCCCCCCCCCCCCCCCCCCCCCOc1cc(OCCCCCCCCCCCCCCCCCCCCCC)cc(C(=O)O)c1. The van der Waals surface area contributed by atoms with Gasteiger partial charge in [0.2, 0.25) is 0 Å². The number of ether oxygens (including phenoxy) is 2. The molecule has 322 valence electrons. The maximum absolute atomic E-state index is 11.7. The molecule has 0 aliphatic carbocycles. The molecule has 0 aliphatic rings. The number of rotatable bonds is 45. The lowest BCUT2D eigenvalue weighted by atomic mass is 10.0. The molecule has 0 atom stereocenters. The van der Waals surface area contributed by atoms with Crippen molar-refractivity contribution in [3.63, 3.8) is 0 Å². The van der Waals surface area contributed by atoms with E-state index in [-0.39, 0.29) is 5.56 Å². The third-order valence-electron chi connectivity index (χ3n) is 11.7. The Morgan fingerprint density at radius 2 is 0.545 bits per heavy atom. The van der Waals surface area contributed by atoms with Gasteiger partial charge in [-0.15, -0.1) is 0 Å². The highest BCUT2D eigenvalue weighted by Gasteiger charge is 2.09. The Hall–Kier alpha value is -1.71. The molecular formula is C51H94O4. The normalized spacial score (nSPS) is 11.4. The van der Waals surface area contributed by atoms with Gasteiger partial charge >= 0.3 is 5.97 Å². The molecule has 0 radical (unpaired) electrons. The van der Waals surface area contributed by atoms with E-state index in [1.807, 2.05) is 6.07 Å². The lowest BCUT2D eigenvalue weighted by Gasteiger charge is -2.11. The topological polar surface area (TPSA) is 55.8 Å². The van der Waals surface area contributed by atoms with Crippen LogP contribution >= 0.6 is 0 Å². The summed E-state index contributed by atoms with van der Waals surface area (Å²) in [5.74, 6) is 0.278. The summed E-state index contributed by atoms with van der Waals surface area (Å²) in [6.07, 6.45) is 54.9. The average Bonchev–Trinajstić information content (AvgIpc) is 3.19. The molecule has 0 spiro atoms. The maximum Gasteiger partial charge on any atom is 0.335 e. The molecule has 1 aromatic carbocycles. The van der Waals surface area contributed by atoms with Gasteiger partial charge in [0, 0.05) is 6.07 Å². The van der Waals surface area contributed by atoms with E-state index in [0.29, 0.717) is 24.7 Å². The Bertz CT molecular complexity index is 865. The van der Waals surface area contributed by atoms with Gasteiger partial charge in [-0.05, 0) is 25.0 Å². The fraction of sp³-hybridized carbons (Fsp3) is 0.863. The number of aromatic carboxylic acids is 1. The van der Waals surface area contributed by atoms with E-state index in [0.717, 1.165) is 12.8 Å². The van der Waals surface area contributed by atoms with Crippen LogP contribution in [-0.2, 0) is 0 Å². The van der Waals surface area contributed by atoms with Crippen LogP contribution in [0.3, 0.4) is 0 Å². The maximum atomic E-state index is 11.7. The second kappa shape index (κ2) is 41.9. The van der Waals surface area contributed by atoms with Crippen LogP contribution in [0, 0.1) is 0 Å². The Morgan fingerprint density at radius 3 is 0.745 bits per heavy atom. The Kier molecular flexibility index (Phi) is 39.1. The first-order valence-corrected chi connectivity index (χ1v) is 24.8. The van der Waals surface area contributed by atoms with Crippen LogP contribution < -0.4 is 9.47 Å². The van der Waals surface area contributed by atoms with Gasteiger partial charge in [-0.25, -0.2) is 4.79 Å². The van der Waals surface area contributed by atoms with Crippen LogP contribution in [0.4, 0.5) is 0 Å². The molecule has 0 fully saturated rings. The summed E-state index contributed by atoms with van der Waals surface area (Å²) in [5, 5.41) is 9.62. The standard InChI is InChI=1S/C51H94O4/c1-3-5-7-9-11-13-15-17-19-21-23-25-27-29-31-33-35-37-39-41-43-54-49-45-48(51(52)53)46-50(47-49)55-44-42-40-38-36-34-32-30-28-26-24-22-20-18-16-14-12-10-8-6-4-2/h45-47H,3-44H2,1-2H3,(H,52,53). The summed E-state index contributed by atoms with van der Waals surface area (Å²) >= 11 is 0. The molecule has 0 saturated heterocycles. The molecule has 55 heavy (non-hydrogen) atoms. The summed E-state index contributed by atoms with van der Waals surface area (Å²) in [4.78, 5) is 11.7. The Balaban J connectivity index is 1.94. The van der Waals surface area contributed by atoms with Crippen LogP contribution in [0.1, 0.15) is 281 Å². The summed E-state index contributed by atoms with van der Waals surface area (Å²) < 4.78 is 12.0. The zero-order chi connectivity index (χ0) is 39.5. The first-order chi connectivity index (χ1) is 27.2. The van der Waals surface area contributed by atoms with Gasteiger partial charge in [-0.1, -0.05) is 258 Å². The first-order valence-electron chi connectivity index (χ1n) is 24.8. The highest BCUT2D eigenvalue weighted by Crippen LogP contribution is 2.24. The van der Waals surface area contributed by atoms with Crippen molar-refractivity contribution in [2.45, 2.75) is 271 Å². The van der Waals surface area contributed by atoms with E-state index in [9.17, 15) is 9.90 Å². The van der Waals surface area contributed by atoms with Crippen LogP contribution in [0.25, 0.3) is 0 Å². The average molecular weight is 771 g/mol. The van der Waals surface area contributed by atoms with Gasteiger partial charge in [0.1, 0.15) is 11.5 Å². The minimum atomic E-state index is -0.937. The van der Waals surface area contributed by atoms with Crippen LogP contribution in [0.2, 0.25) is 0 Å². The highest BCUT2D eigenvalue weighted by atomic mass is 16.5. The van der Waals surface area contributed by atoms with Gasteiger partial charge in [0.25, 0.3) is 0 Å². The Morgan fingerprint density at radius 1 is 0.345 bits per heavy atom. The second-order valence-electron chi connectivity index (χ2n) is 17.1. The molecule has 4 nitrogen and oxygen atoms in total. The predicted octanol–water partition coefficient (Wildman–Crippen LogP) is 17.8. The summed E-state index contributed by atoms with van der Waals surface area (Å²) in [6, 6.07) is 5.12. The molecule has 1 rings (SSSR count). The summed E-state index contributed by atoms with van der Waals surface area (Å²) in [7, 11) is 0. The molecule has 0 aromatic heterocycles. The largest absolute Gasteiger partial charge is 0.493 e. The molecule has 1 N–H and O–H groups in total. The van der Waals surface area contributed by atoms with Crippen molar-refractivity contribution in [2.24, 2.45) is 0 Å². The number of unbranched alkanes of at least 4 members (excludes halogenated alkanes) is 38. The number of hydrogen-bond acceptors (Lipinski definition) is 3. The van der Waals surface area contributed by atoms with E-state index in [1.165, 1.54) is 244 Å². The third-order valence-corrected chi connectivity index (χ3v) is 11.7. The van der Waals surface area contributed by atoms with Gasteiger partial charge < -0.3 is 14.6 Å². The first kappa shape index (κ1) is 51.3. The van der Waals surface area contributed by atoms with E-state index in [1.54, 1.807) is 12.1 Å². The zero-order valence-electron chi connectivity index (χ0n) is 37.1. The van der Waals surface area contributed by atoms with E-state index in [2.05, 4.69) is 13.8 Å². The highest BCUT2D eigenvalue weighted by molar-refractivity contribution is 5.88. The summed E-state index contributed by atoms with van der Waals surface area (Å²) in [6.45, 7) is 5.84. The number of carbonyl (C=O) groups is 1. The quantitative estimate of drug-likeness (QED) is 0.0671. The molecule has 1 aromatic rings. The van der Waals surface area contributed by atoms with Crippen LogP contribution in [0.15, 0.2) is 18.2 Å². The number of benzene rings is 1. The van der Waals surface area contributed by atoms with Crippen molar-refractivity contribution >= 4 is 5.97 Å². The second-order valence-corrected chi connectivity index (χ2v) is 17.1. The van der Waals surface area contributed by atoms with E-state index < -0.39 is 5.97 Å². The smallest absolute Gasteiger partial charge is 0.335 e. The molecule has 0 bridgehead atoms. The molecule has 0 amide bonds. The van der Waals surface area contributed by atoms with Crippen LogP contribution in [0.5, 0.6) is 11.5 Å². The van der Waals surface area contributed by atoms with E-state index in [4.69, 9.17) is 9.47 Å².